The second-order valence-corrected chi connectivity index (χ2v) is 9.34. The van der Waals surface area contributed by atoms with E-state index in [0.717, 1.165) is 4.47 Å². The number of carbonyl (C=O) groups is 2. The molecule has 28 heavy (non-hydrogen) atoms. The number of hydrogen-bond donors (Lipinski definition) is 2. The number of amides is 2. The van der Waals surface area contributed by atoms with E-state index in [1.54, 1.807) is 19.1 Å². The molecule has 1 aromatic heterocycles. The standard InChI is InChI=1S/C18H20BrN3O5S/c1-12-16(8-10-27-12)18(24)21-20-17(23)13-3-2-9-22(11-13)28(25,26)15-6-4-14(19)5-7-15/h4-8,10,13H,2-3,9,11H2,1H3,(H,20,23)(H,21,24). The third-order valence-electron chi connectivity index (χ3n) is 4.61. The lowest BCUT2D eigenvalue weighted by Gasteiger charge is -2.31. The summed E-state index contributed by atoms with van der Waals surface area (Å²) in [6, 6.07) is 7.87. The third-order valence-corrected chi connectivity index (χ3v) is 7.02. The number of rotatable bonds is 4. The molecule has 0 aliphatic carbocycles. The first-order valence-corrected chi connectivity index (χ1v) is 10.9. The Morgan fingerprint density at radius 3 is 2.54 bits per heavy atom. The maximum atomic E-state index is 12.8. The van der Waals surface area contributed by atoms with Crippen LogP contribution in [0, 0.1) is 12.8 Å². The van der Waals surface area contributed by atoms with Crippen LogP contribution in [0.4, 0.5) is 0 Å². The van der Waals surface area contributed by atoms with Crippen LogP contribution in [0.15, 0.2) is 50.4 Å². The monoisotopic (exact) mass is 469 g/mol. The number of nitrogens with one attached hydrogen (secondary N) is 2. The topological polar surface area (TPSA) is 109 Å². The number of piperidine rings is 1. The number of furan rings is 1. The first-order valence-electron chi connectivity index (χ1n) is 8.69. The van der Waals surface area contributed by atoms with Crippen molar-refractivity contribution in [3.63, 3.8) is 0 Å². The van der Waals surface area contributed by atoms with Crippen molar-refractivity contribution in [3.05, 3.63) is 52.4 Å². The van der Waals surface area contributed by atoms with Gasteiger partial charge in [-0.05, 0) is 50.1 Å². The molecule has 8 nitrogen and oxygen atoms in total. The summed E-state index contributed by atoms with van der Waals surface area (Å²) in [7, 11) is -3.68. The molecular weight excluding hydrogens is 450 g/mol. The van der Waals surface area contributed by atoms with E-state index in [4.69, 9.17) is 4.42 Å². The molecule has 2 amide bonds. The van der Waals surface area contributed by atoms with Crippen molar-refractivity contribution in [2.75, 3.05) is 13.1 Å². The van der Waals surface area contributed by atoms with Crippen LogP contribution < -0.4 is 10.9 Å². The van der Waals surface area contributed by atoms with Crippen LogP contribution in [0.5, 0.6) is 0 Å². The summed E-state index contributed by atoms with van der Waals surface area (Å²) in [5, 5.41) is 0. The summed E-state index contributed by atoms with van der Waals surface area (Å²) in [5.74, 6) is -1.03. The highest BCUT2D eigenvalue weighted by molar-refractivity contribution is 9.10. The number of halogens is 1. The molecule has 1 aliphatic rings. The minimum atomic E-state index is -3.68. The summed E-state index contributed by atoms with van der Waals surface area (Å²) < 4.78 is 32.8. The predicted octanol–water partition coefficient (Wildman–Crippen LogP) is 2.21. The minimum Gasteiger partial charge on any atom is -0.469 e. The van der Waals surface area contributed by atoms with Gasteiger partial charge in [0, 0.05) is 17.6 Å². The van der Waals surface area contributed by atoms with Crippen molar-refractivity contribution in [3.8, 4) is 0 Å². The van der Waals surface area contributed by atoms with E-state index in [1.807, 2.05) is 0 Å². The average molecular weight is 470 g/mol. The Bertz CT molecular complexity index is 971. The molecular formula is C18H20BrN3O5S. The second-order valence-electron chi connectivity index (χ2n) is 6.49. The average Bonchev–Trinajstić information content (AvgIpc) is 3.12. The molecule has 3 rings (SSSR count). The van der Waals surface area contributed by atoms with E-state index < -0.39 is 27.8 Å². The molecule has 1 saturated heterocycles. The molecule has 2 aromatic rings. The van der Waals surface area contributed by atoms with E-state index in [9.17, 15) is 18.0 Å². The summed E-state index contributed by atoms with van der Waals surface area (Å²) in [6.07, 6.45) is 2.49. The van der Waals surface area contributed by atoms with E-state index >= 15 is 0 Å². The van der Waals surface area contributed by atoms with Gasteiger partial charge in [0.1, 0.15) is 5.76 Å². The Morgan fingerprint density at radius 2 is 1.89 bits per heavy atom. The normalized spacial score (nSPS) is 17.9. The molecule has 1 aromatic carbocycles. The predicted molar refractivity (Wildman–Crippen MR) is 105 cm³/mol. The van der Waals surface area contributed by atoms with Crippen LogP contribution in [0.1, 0.15) is 29.0 Å². The van der Waals surface area contributed by atoms with Gasteiger partial charge in [0.25, 0.3) is 5.91 Å². The summed E-state index contributed by atoms with van der Waals surface area (Å²) in [6.45, 7) is 2.05. The number of benzene rings is 1. The summed E-state index contributed by atoms with van der Waals surface area (Å²) in [4.78, 5) is 24.7. The van der Waals surface area contributed by atoms with Crippen molar-refractivity contribution >= 4 is 37.8 Å². The van der Waals surface area contributed by atoms with E-state index in [1.165, 1.54) is 28.8 Å². The largest absolute Gasteiger partial charge is 0.469 e. The van der Waals surface area contributed by atoms with Gasteiger partial charge in [-0.15, -0.1) is 0 Å². The van der Waals surface area contributed by atoms with Gasteiger partial charge in [0.15, 0.2) is 0 Å². The summed E-state index contributed by atoms with van der Waals surface area (Å²) in [5.41, 5.74) is 5.04. The Balaban J connectivity index is 1.62. The zero-order valence-electron chi connectivity index (χ0n) is 15.1. The number of sulfonamides is 1. The van der Waals surface area contributed by atoms with Crippen molar-refractivity contribution in [2.45, 2.75) is 24.7 Å². The van der Waals surface area contributed by atoms with E-state index in [2.05, 4.69) is 26.8 Å². The maximum absolute atomic E-state index is 12.8. The van der Waals surface area contributed by atoms with Gasteiger partial charge >= 0.3 is 0 Å². The highest BCUT2D eigenvalue weighted by atomic mass is 79.9. The van der Waals surface area contributed by atoms with E-state index in [-0.39, 0.29) is 11.4 Å². The molecule has 1 aliphatic heterocycles. The van der Waals surface area contributed by atoms with Crippen LogP contribution in [0.2, 0.25) is 0 Å². The Hall–Kier alpha value is -2.17. The number of carbonyl (C=O) groups excluding carboxylic acids is 2. The Labute approximate surface area is 171 Å². The van der Waals surface area contributed by atoms with Gasteiger partial charge in [0.2, 0.25) is 15.9 Å². The fourth-order valence-corrected chi connectivity index (χ4v) is 4.83. The Morgan fingerprint density at radius 1 is 1.18 bits per heavy atom. The van der Waals surface area contributed by atoms with Gasteiger partial charge in [-0.1, -0.05) is 15.9 Å². The highest BCUT2D eigenvalue weighted by Crippen LogP contribution is 2.25. The van der Waals surface area contributed by atoms with Gasteiger partial charge in [-0.2, -0.15) is 4.31 Å². The van der Waals surface area contributed by atoms with Crippen LogP contribution in [0.3, 0.4) is 0 Å². The third kappa shape index (κ3) is 4.45. The number of nitrogens with zero attached hydrogens (tertiary/aromatic N) is 1. The van der Waals surface area contributed by atoms with Gasteiger partial charge in [-0.25, -0.2) is 8.42 Å². The second kappa shape index (κ2) is 8.46. The van der Waals surface area contributed by atoms with Crippen molar-refractivity contribution in [1.82, 2.24) is 15.2 Å². The smallest absolute Gasteiger partial charge is 0.273 e. The molecule has 150 valence electrons. The number of hydrogen-bond acceptors (Lipinski definition) is 5. The molecule has 1 fully saturated rings. The molecule has 2 heterocycles. The first kappa shape index (κ1) is 20.6. The molecule has 0 saturated carbocycles. The van der Waals surface area contributed by atoms with Gasteiger partial charge in [0.05, 0.1) is 22.6 Å². The van der Waals surface area contributed by atoms with Crippen molar-refractivity contribution < 1.29 is 22.4 Å². The lowest BCUT2D eigenvalue weighted by molar-refractivity contribution is -0.126. The Kier molecular flexibility index (Phi) is 6.21. The lowest BCUT2D eigenvalue weighted by atomic mass is 9.99. The highest BCUT2D eigenvalue weighted by Gasteiger charge is 2.33. The number of aryl methyl sites for hydroxylation is 1. The van der Waals surface area contributed by atoms with Crippen LogP contribution in [-0.4, -0.2) is 37.6 Å². The molecule has 2 N–H and O–H groups in total. The van der Waals surface area contributed by atoms with Crippen molar-refractivity contribution in [1.29, 1.82) is 0 Å². The van der Waals surface area contributed by atoms with Gasteiger partial charge in [-0.3, -0.25) is 20.4 Å². The molecule has 0 bridgehead atoms. The van der Waals surface area contributed by atoms with Gasteiger partial charge < -0.3 is 4.42 Å². The minimum absolute atomic E-state index is 0.0604. The van der Waals surface area contributed by atoms with Crippen LogP contribution in [0.25, 0.3) is 0 Å². The molecule has 0 radical (unpaired) electrons. The quantitative estimate of drug-likeness (QED) is 0.667. The van der Waals surface area contributed by atoms with Crippen LogP contribution >= 0.6 is 15.9 Å². The zero-order valence-corrected chi connectivity index (χ0v) is 17.5. The SMILES string of the molecule is Cc1occc1C(=O)NNC(=O)C1CCCN(S(=O)(=O)c2ccc(Br)cc2)C1. The molecule has 0 spiro atoms. The molecule has 1 unspecified atom stereocenters. The summed E-state index contributed by atoms with van der Waals surface area (Å²) >= 11 is 3.28. The lowest BCUT2D eigenvalue weighted by Crippen LogP contribution is -2.50. The van der Waals surface area contributed by atoms with Crippen molar-refractivity contribution in [2.24, 2.45) is 5.92 Å². The molecule has 10 heteroatoms. The van der Waals surface area contributed by atoms with E-state index in [0.29, 0.717) is 30.7 Å². The molecule has 1 atom stereocenters. The fourth-order valence-electron chi connectivity index (χ4n) is 3.04. The zero-order chi connectivity index (χ0) is 20.3. The fraction of sp³-hybridized carbons (Fsp3) is 0.333. The van der Waals surface area contributed by atoms with Crippen LogP contribution in [-0.2, 0) is 14.8 Å². The maximum Gasteiger partial charge on any atom is 0.273 e. The number of hydrazine groups is 1. The first-order chi connectivity index (χ1) is 13.3.